The molecule has 4 heterocycles. The predicted octanol–water partition coefficient (Wildman–Crippen LogP) is 2.27. The fraction of sp³-hybridized carbons (Fsp3) is 0.529. The summed E-state index contributed by atoms with van der Waals surface area (Å²) in [6.45, 7) is 3.86. The molecule has 0 aliphatic carbocycles. The van der Waals surface area contributed by atoms with E-state index in [-0.39, 0.29) is 5.60 Å². The van der Waals surface area contributed by atoms with Crippen LogP contribution < -0.4 is 0 Å². The zero-order valence-corrected chi connectivity index (χ0v) is 12.8. The fourth-order valence-electron chi connectivity index (χ4n) is 3.83. The van der Waals surface area contributed by atoms with Crippen LogP contribution in [0.25, 0.3) is 0 Å². The van der Waals surface area contributed by atoms with Gasteiger partial charge in [-0.15, -0.1) is 0 Å². The number of likely N-dealkylation sites (tertiary alicyclic amines) is 1. The molecule has 5 heteroatoms. The maximum atomic E-state index is 6.28. The summed E-state index contributed by atoms with van der Waals surface area (Å²) in [6, 6.07) is 6.56. The SMILES string of the molecule is c1ccc(CN2CCC[C@]3(C[C@@H](n4ccnc4)CO3)C2)nc1. The highest BCUT2D eigenvalue weighted by Gasteiger charge is 2.43. The van der Waals surface area contributed by atoms with E-state index in [1.165, 1.54) is 6.42 Å². The molecule has 0 N–H and O–H groups in total. The number of hydrogen-bond acceptors (Lipinski definition) is 4. The Balaban J connectivity index is 1.43. The van der Waals surface area contributed by atoms with Crippen LogP contribution in [0.1, 0.15) is 31.0 Å². The maximum Gasteiger partial charge on any atom is 0.0949 e. The van der Waals surface area contributed by atoms with E-state index in [1.54, 1.807) is 0 Å². The van der Waals surface area contributed by atoms with E-state index in [1.807, 2.05) is 31.0 Å². The van der Waals surface area contributed by atoms with Crippen LogP contribution in [0.3, 0.4) is 0 Å². The van der Waals surface area contributed by atoms with Crippen molar-refractivity contribution < 1.29 is 4.74 Å². The van der Waals surface area contributed by atoms with Gasteiger partial charge in [0.1, 0.15) is 0 Å². The lowest BCUT2D eigenvalue weighted by Crippen LogP contribution is -2.47. The molecule has 2 atom stereocenters. The molecule has 0 radical (unpaired) electrons. The lowest BCUT2D eigenvalue weighted by atomic mass is 9.88. The first kappa shape index (κ1) is 13.9. The second-order valence-electron chi connectivity index (χ2n) is 6.50. The van der Waals surface area contributed by atoms with Crippen molar-refractivity contribution in [1.82, 2.24) is 19.4 Å². The first-order chi connectivity index (χ1) is 10.8. The standard InChI is InChI=1S/C17H22N4O/c1-2-6-19-15(4-1)11-20-8-3-5-17(13-20)10-16(12-22-17)21-9-7-18-14-21/h1-2,4,6-7,9,14,16H,3,5,8,10-13H2/t16-,17+/m1/s1. The van der Waals surface area contributed by atoms with Crippen molar-refractivity contribution in [3.05, 3.63) is 48.8 Å². The van der Waals surface area contributed by atoms with Gasteiger partial charge in [-0.05, 0) is 31.5 Å². The summed E-state index contributed by atoms with van der Waals surface area (Å²) in [5.41, 5.74) is 1.16. The zero-order chi connectivity index (χ0) is 14.8. The summed E-state index contributed by atoms with van der Waals surface area (Å²) >= 11 is 0. The summed E-state index contributed by atoms with van der Waals surface area (Å²) in [5, 5.41) is 0. The van der Waals surface area contributed by atoms with E-state index >= 15 is 0 Å². The minimum atomic E-state index is 0.0158. The van der Waals surface area contributed by atoms with E-state index in [9.17, 15) is 0 Å². The number of ether oxygens (including phenoxy) is 1. The van der Waals surface area contributed by atoms with Crippen molar-refractivity contribution in [2.75, 3.05) is 19.7 Å². The first-order valence-electron chi connectivity index (χ1n) is 8.07. The van der Waals surface area contributed by atoms with Crippen molar-refractivity contribution in [2.24, 2.45) is 0 Å². The largest absolute Gasteiger partial charge is 0.371 e. The zero-order valence-electron chi connectivity index (χ0n) is 12.8. The molecule has 2 aromatic rings. The molecule has 0 unspecified atom stereocenters. The van der Waals surface area contributed by atoms with Gasteiger partial charge in [0, 0.05) is 38.1 Å². The van der Waals surface area contributed by atoms with E-state index in [2.05, 4.69) is 31.6 Å². The number of aromatic nitrogens is 3. The Hall–Kier alpha value is -1.72. The Morgan fingerprint density at radius 1 is 1.32 bits per heavy atom. The van der Waals surface area contributed by atoms with Gasteiger partial charge in [0.25, 0.3) is 0 Å². The molecule has 1 spiro atoms. The van der Waals surface area contributed by atoms with Gasteiger partial charge in [-0.25, -0.2) is 4.98 Å². The summed E-state index contributed by atoms with van der Waals surface area (Å²) < 4.78 is 8.46. The molecular weight excluding hydrogens is 276 g/mol. The molecule has 0 bridgehead atoms. The summed E-state index contributed by atoms with van der Waals surface area (Å²) in [5.74, 6) is 0. The Morgan fingerprint density at radius 3 is 3.14 bits per heavy atom. The molecule has 2 aliphatic rings. The predicted molar refractivity (Wildman–Crippen MR) is 83.3 cm³/mol. The topological polar surface area (TPSA) is 43.2 Å². The molecular formula is C17H22N4O. The van der Waals surface area contributed by atoms with E-state index in [0.717, 1.165) is 44.8 Å². The number of hydrogen-bond donors (Lipinski definition) is 0. The van der Waals surface area contributed by atoms with Gasteiger partial charge >= 0.3 is 0 Å². The van der Waals surface area contributed by atoms with Gasteiger partial charge in [-0.2, -0.15) is 0 Å². The third-order valence-corrected chi connectivity index (χ3v) is 4.87. The number of rotatable bonds is 3. The highest BCUT2D eigenvalue weighted by atomic mass is 16.5. The molecule has 0 saturated carbocycles. The van der Waals surface area contributed by atoms with Gasteiger partial charge in [-0.1, -0.05) is 6.07 Å². The van der Waals surface area contributed by atoms with Crippen LogP contribution in [0.4, 0.5) is 0 Å². The van der Waals surface area contributed by atoms with Crippen molar-refractivity contribution in [1.29, 1.82) is 0 Å². The number of nitrogens with zero attached hydrogens (tertiary/aromatic N) is 4. The van der Waals surface area contributed by atoms with Gasteiger partial charge in [-0.3, -0.25) is 9.88 Å². The van der Waals surface area contributed by atoms with E-state index < -0.39 is 0 Å². The second-order valence-corrected chi connectivity index (χ2v) is 6.50. The average Bonchev–Trinajstić information content (AvgIpc) is 3.19. The molecule has 4 rings (SSSR count). The minimum Gasteiger partial charge on any atom is -0.371 e. The van der Waals surface area contributed by atoms with Crippen molar-refractivity contribution in [2.45, 2.75) is 37.5 Å². The van der Waals surface area contributed by atoms with E-state index in [4.69, 9.17) is 4.74 Å². The monoisotopic (exact) mass is 298 g/mol. The third kappa shape index (κ3) is 2.78. The Morgan fingerprint density at radius 2 is 2.32 bits per heavy atom. The third-order valence-electron chi connectivity index (χ3n) is 4.87. The lowest BCUT2D eigenvalue weighted by molar-refractivity contribution is -0.0537. The van der Waals surface area contributed by atoms with Crippen LogP contribution in [0, 0.1) is 0 Å². The lowest BCUT2D eigenvalue weighted by Gasteiger charge is -2.39. The molecule has 5 nitrogen and oxygen atoms in total. The van der Waals surface area contributed by atoms with Crippen LogP contribution in [-0.2, 0) is 11.3 Å². The van der Waals surface area contributed by atoms with Crippen LogP contribution >= 0.6 is 0 Å². The molecule has 22 heavy (non-hydrogen) atoms. The first-order valence-corrected chi connectivity index (χ1v) is 8.07. The Kier molecular flexibility index (Phi) is 3.68. The highest BCUT2D eigenvalue weighted by Crippen LogP contribution is 2.39. The minimum absolute atomic E-state index is 0.0158. The van der Waals surface area contributed by atoms with Gasteiger partial charge in [0.2, 0.25) is 0 Å². The molecule has 116 valence electrons. The van der Waals surface area contributed by atoms with Crippen molar-refractivity contribution in [3.63, 3.8) is 0 Å². The summed E-state index contributed by atoms with van der Waals surface area (Å²) in [6.07, 6.45) is 11.1. The second kappa shape index (κ2) is 5.82. The molecule has 2 aliphatic heterocycles. The number of piperidine rings is 1. The molecule has 0 aromatic carbocycles. The fourth-order valence-corrected chi connectivity index (χ4v) is 3.83. The van der Waals surface area contributed by atoms with Gasteiger partial charge in [0.15, 0.2) is 0 Å². The summed E-state index contributed by atoms with van der Waals surface area (Å²) in [4.78, 5) is 11.1. The van der Waals surface area contributed by atoms with Crippen molar-refractivity contribution >= 4 is 0 Å². The van der Waals surface area contributed by atoms with E-state index in [0.29, 0.717) is 6.04 Å². The van der Waals surface area contributed by atoms with Crippen LogP contribution in [-0.4, -0.2) is 44.7 Å². The molecule has 2 aromatic heterocycles. The van der Waals surface area contributed by atoms with Crippen LogP contribution in [0.5, 0.6) is 0 Å². The quantitative estimate of drug-likeness (QED) is 0.872. The average molecular weight is 298 g/mol. The Labute approximate surface area is 130 Å². The van der Waals surface area contributed by atoms with Crippen LogP contribution in [0.2, 0.25) is 0 Å². The molecule has 2 saturated heterocycles. The number of imidazole rings is 1. The molecule has 0 amide bonds. The Bertz CT molecular complexity index is 600. The smallest absolute Gasteiger partial charge is 0.0949 e. The summed E-state index contributed by atoms with van der Waals surface area (Å²) in [7, 11) is 0. The normalized spacial score (nSPS) is 29.2. The van der Waals surface area contributed by atoms with Crippen molar-refractivity contribution in [3.8, 4) is 0 Å². The van der Waals surface area contributed by atoms with Gasteiger partial charge < -0.3 is 9.30 Å². The maximum absolute atomic E-state index is 6.28. The van der Waals surface area contributed by atoms with Crippen LogP contribution in [0.15, 0.2) is 43.1 Å². The number of pyridine rings is 1. The highest BCUT2D eigenvalue weighted by molar-refractivity contribution is 5.05. The van der Waals surface area contributed by atoms with Gasteiger partial charge in [0.05, 0.1) is 30.3 Å². The molecule has 2 fully saturated rings.